The van der Waals surface area contributed by atoms with Gasteiger partial charge in [-0.15, -0.1) is 22.9 Å². The molecule has 0 aliphatic carbocycles. The van der Waals surface area contributed by atoms with Gasteiger partial charge in [0.05, 0.1) is 0 Å². The Morgan fingerprint density at radius 3 is 2.53 bits per heavy atom. The molecule has 1 aromatic rings. The lowest BCUT2D eigenvalue weighted by molar-refractivity contribution is 0.448. The molecular formula is C9H14ClNO2S2. The minimum atomic E-state index is -3.33. The molecule has 1 rings (SSSR count). The highest BCUT2D eigenvalue weighted by Gasteiger charge is 2.23. The van der Waals surface area contributed by atoms with Crippen molar-refractivity contribution in [2.75, 3.05) is 19.0 Å². The number of hydrogen-bond acceptors (Lipinski definition) is 3. The Labute approximate surface area is 99.7 Å². The summed E-state index contributed by atoms with van der Waals surface area (Å²) in [5.41, 5.74) is 0. The maximum Gasteiger partial charge on any atom is 0.252 e. The van der Waals surface area contributed by atoms with Crippen LogP contribution in [-0.4, -0.2) is 31.7 Å². The second-order valence-corrected chi connectivity index (χ2v) is 6.88. The molecule has 0 saturated carbocycles. The van der Waals surface area contributed by atoms with E-state index in [1.54, 1.807) is 6.07 Å². The molecule has 0 aromatic carbocycles. The minimum Gasteiger partial charge on any atom is -0.206 e. The summed E-state index contributed by atoms with van der Waals surface area (Å²) in [5, 5.41) is 0. The highest BCUT2D eigenvalue weighted by atomic mass is 35.5. The van der Waals surface area contributed by atoms with Crippen molar-refractivity contribution < 1.29 is 8.42 Å². The summed E-state index contributed by atoms with van der Waals surface area (Å²) >= 11 is 6.86. The van der Waals surface area contributed by atoms with Crippen LogP contribution in [0.4, 0.5) is 0 Å². The molecule has 0 amide bonds. The Bertz CT molecular complexity index is 414. The van der Waals surface area contributed by atoms with Crippen molar-refractivity contribution in [3.05, 3.63) is 17.0 Å². The van der Waals surface area contributed by atoms with Crippen LogP contribution in [0.3, 0.4) is 0 Å². The Morgan fingerprint density at radius 1 is 1.47 bits per heavy atom. The number of thiophene rings is 1. The summed E-state index contributed by atoms with van der Waals surface area (Å²) in [4.78, 5) is 0.996. The third kappa shape index (κ3) is 2.93. The molecule has 3 nitrogen and oxygen atoms in total. The molecular weight excluding hydrogens is 254 g/mol. The molecule has 86 valence electrons. The second-order valence-electron chi connectivity index (χ2n) is 3.05. The number of nitrogens with zero attached hydrogens (tertiary/aromatic N) is 1. The Kier molecular flexibility index (Phi) is 4.58. The summed E-state index contributed by atoms with van der Waals surface area (Å²) in [6.45, 7) is 4.51. The number of hydrogen-bond donors (Lipinski definition) is 0. The van der Waals surface area contributed by atoms with E-state index in [4.69, 9.17) is 11.6 Å². The van der Waals surface area contributed by atoms with E-state index >= 15 is 0 Å². The monoisotopic (exact) mass is 267 g/mol. The van der Waals surface area contributed by atoms with Crippen molar-refractivity contribution in [3.63, 3.8) is 0 Å². The van der Waals surface area contributed by atoms with Crippen LogP contribution in [0, 0.1) is 6.92 Å². The first-order valence-corrected chi connectivity index (χ1v) is 7.44. The van der Waals surface area contributed by atoms with Crippen LogP contribution < -0.4 is 0 Å². The van der Waals surface area contributed by atoms with Crippen LogP contribution in [0.15, 0.2) is 16.3 Å². The van der Waals surface area contributed by atoms with E-state index in [0.717, 1.165) is 4.88 Å². The number of halogens is 1. The largest absolute Gasteiger partial charge is 0.252 e. The SMILES string of the molecule is CCN(CCCl)S(=O)(=O)c1ccc(C)s1. The lowest BCUT2D eigenvalue weighted by atomic mass is 10.5. The van der Waals surface area contributed by atoms with Gasteiger partial charge < -0.3 is 0 Å². The van der Waals surface area contributed by atoms with Crippen molar-refractivity contribution in [3.8, 4) is 0 Å². The minimum absolute atomic E-state index is 0.317. The zero-order chi connectivity index (χ0) is 11.5. The van der Waals surface area contributed by atoms with Crippen LogP contribution in [0.5, 0.6) is 0 Å². The summed E-state index contributed by atoms with van der Waals surface area (Å²) < 4.78 is 25.9. The molecule has 6 heteroatoms. The fraction of sp³-hybridized carbons (Fsp3) is 0.556. The standard InChI is InChI=1S/C9H14ClNO2S2/c1-3-11(7-6-10)15(12,13)9-5-4-8(2)14-9/h4-5H,3,6-7H2,1-2H3. The Hall–Kier alpha value is -0.100. The predicted octanol–water partition coefficient (Wildman–Crippen LogP) is 2.31. The van der Waals surface area contributed by atoms with Gasteiger partial charge in [-0.05, 0) is 19.1 Å². The van der Waals surface area contributed by atoms with E-state index in [1.165, 1.54) is 15.6 Å². The maximum atomic E-state index is 12.0. The molecule has 0 fully saturated rings. The number of aryl methyl sites for hydroxylation is 1. The summed E-state index contributed by atoms with van der Waals surface area (Å²) in [6, 6.07) is 3.46. The zero-order valence-corrected chi connectivity index (χ0v) is 11.1. The van der Waals surface area contributed by atoms with Gasteiger partial charge in [0.15, 0.2) is 0 Å². The normalized spacial score (nSPS) is 12.3. The average molecular weight is 268 g/mol. The maximum absolute atomic E-state index is 12.0. The van der Waals surface area contributed by atoms with Crippen LogP contribution in [-0.2, 0) is 10.0 Å². The third-order valence-corrected chi connectivity index (χ3v) is 5.61. The topological polar surface area (TPSA) is 37.4 Å². The first-order chi connectivity index (χ1) is 7.02. The molecule has 0 radical (unpaired) electrons. The van der Waals surface area contributed by atoms with Crippen LogP contribution >= 0.6 is 22.9 Å². The number of alkyl halides is 1. The summed E-state index contributed by atoms with van der Waals surface area (Å²) in [5.74, 6) is 0.317. The van der Waals surface area contributed by atoms with Crippen LogP contribution in [0.1, 0.15) is 11.8 Å². The molecule has 1 heterocycles. The van der Waals surface area contributed by atoms with Gasteiger partial charge in [-0.2, -0.15) is 4.31 Å². The third-order valence-electron chi connectivity index (χ3n) is 2.00. The molecule has 0 aliphatic heterocycles. The first-order valence-electron chi connectivity index (χ1n) is 4.65. The first kappa shape index (κ1) is 13.0. The highest BCUT2D eigenvalue weighted by molar-refractivity contribution is 7.91. The second kappa shape index (κ2) is 5.30. The lowest BCUT2D eigenvalue weighted by Gasteiger charge is -2.17. The molecule has 0 saturated heterocycles. The smallest absolute Gasteiger partial charge is 0.206 e. The van der Waals surface area contributed by atoms with E-state index in [9.17, 15) is 8.42 Å². The quantitative estimate of drug-likeness (QED) is 0.768. The highest BCUT2D eigenvalue weighted by Crippen LogP contribution is 2.24. The molecule has 0 bridgehead atoms. The van der Waals surface area contributed by atoms with Gasteiger partial charge in [-0.3, -0.25) is 0 Å². The van der Waals surface area contributed by atoms with Gasteiger partial charge in [-0.1, -0.05) is 6.92 Å². The van der Waals surface area contributed by atoms with Crippen molar-refractivity contribution >= 4 is 33.0 Å². The molecule has 1 aromatic heterocycles. The van der Waals surface area contributed by atoms with E-state index in [2.05, 4.69) is 0 Å². The van der Waals surface area contributed by atoms with Gasteiger partial charge >= 0.3 is 0 Å². The van der Waals surface area contributed by atoms with E-state index in [0.29, 0.717) is 23.2 Å². The van der Waals surface area contributed by atoms with Crippen molar-refractivity contribution in [2.24, 2.45) is 0 Å². The Morgan fingerprint density at radius 2 is 2.13 bits per heavy atom. The van der Waals surface area contributed by atoms with Crippen molar-refractivity contribution in [2.45, 2.75) is 18.1 Å². The summed E-state index contributed by atoms with van der Waals surface area (Å²) in [7, 11) is -3.33. The fourth-order valence-electron chi connectivity index (χ4n) is 1.22. The lowest BCUT2D eigenvalue weighted by Crippen LogP contribution is -2.32. The van der Waals surface area contributed by atoms with E-state index < -0.39 is 10.0 Å². The molecule has 0 aliphatic rings. The van der Waals surface area contributed by atoms with Gasteiger partial charge in [0.2, 0.25) is 0 Å². The van der Waals surface area contributed by atoms with Gasteiger partial charge in [-0.25, -0.2) is 8.42 Å². The van der Waals surface area contributed by atoms with Crippen LogP contribution in [0.2, 0.25) is 0 Å². The molecule has 15 heavy (non-hydrogen) atoms. The number of sulfonamides is 1. The fourth-order valence-corrected chi connectivity index (χ4v) is 4.41. The molecule has 0 atom stereocenters. The van der Waals surface area contributed by atoms with E-state index in [1.807, 2.05) is 19.9 Å². The van der Waals surface area contributed by atoms with E-state index in [-0.39, 0.29) is 0 Å². The summed E-state index contributed by atoms with van der Waals surface area (Å²) in [6.07, 6.45) is 0. The van der Waals surface area contributed by atoms with Crippen molar-refractivity contribution in [1.82, 2.24) is 4.31 Å². The molecule has 0 spiro atoms. The molecule has 0 N–H and O–H groups in total. The van der Waals surface area contributed by atoms with Crippen LogP contribution in [0.25, 0.3) is 0 Å². The van der Waals surface area contributed by atoms with Gasteiger partial charge in [0.1, 0.15) is 4.21 Å². The predicted molar refractivity (Wildman–Crippen MR) is 64.2 cm³/mol. The number of rotatable bonds is 5. The Balaban J connectivity index is 3.00. The molecule has 0 unspecified atom stereocenters. The zero-order valence-electron chi connectivity index (χ0n) is 8.73. The van der Waals surface area contributed by atoms with Gasteiger partial charge in [0, 0.05) is 23.8 Å². The van der Waals surface area contributed by atoms with Gasteiger partial charge in [0.25, 0.3) is 10.0 Å². The van der Waals surface area contributed by atoms with Crippen molar-refractivity contribution in [1.29, 1.82) is 0 Å². The average Bonchev–Trinajstić information content (AvgIpc) is 2.61.